The number of likely N-dealkylation sites (N-methyl/N-ethyl adjacent to an activating group) is 1. The smallest absolute Gasteiger partial charge is 0.134 e. The van der Waals surface area contributed by atoms with Crippen LogP contribution in [0.1, 0.15) is 31.2 Å². The van der Waals surface area contributed by atoms with Gasteiger partial charge in [0.2, 0.25) is 0 Å². The molecule has 0 spiro atoms. The van der Waals surface area contributed by atoms with Crippen molar-refractivity contribution in [3.05, 3.63) is 47.1 Å². The number of aryl methyl sites for hydroxylation is 1. The van der Waals surface area contributed by atoms with E-state index in [0.29, 0.717) is 17.0 Å². The van der Waals surface area contributed by atoms with Gasteiger partial charge in [0.15, 0.2) is 0 Å². The molecule has 1 atom stereocenters. The first-order valence-corrected chi connectivity index (χ1v) is 8.92. The average molecular weight is 346 g/mol. The predicted molar refractivity (Wildman–Crippen MR) is 97.3 cm³/mol. The number of nitrogens with zero attached hydrogens (tertiary/aromatic N) is 5. The van der Waals surface area contributed by atoms with E-state index < -0.39 is 0 Å². The lowest BCUT2D eigenvalue weighted by atomic mass is 10.1. The number of aromatic nitrogens is 3. The second kappa shape index (κ2) is 7.90. The number of likely N-dealkylation sites (tertiary alicyclic amines) is 1. The summed E-state index contributed by atoms with van der Waals surface area (Å²) in [5.41, 5.74) is 1.22. The van der Waals surface area contributed by atoms with Crippen molar-refractivity contribution in [2.24, 2.45) is 0 Å². The van der Waals surface area contributed by atoms with E-state index in [0.717, 1.165) is 25.5 Å². The Morgan fingerprint density at radius 2 is 2.08 bits per heavy atom. The zero-order chi connectivity index (χ0) is 16.9. The largest absolute Gasteiger partial charge is 0.351 e. The lowest BCUT2D eigenvalue weighted by Crippen LogP contribution is -2.40. The molecule has 1 fully saturated rings. The highest BCUT2D eigenvalue weighted by atomic mass is 35.5. The van der Waals surface area contributed by atoms with Crippen LogP contribution in [0.15, 0.2) is 30.6 Å². The zero-order valence-electron chi connectivity index (χ0n) is 14.3. The number of rotatable bonds is 6. The summed E-state index contributed by atoms with van der Waals surface area (Å²) in [4.78, 5) is 17.8. The third-order valence-electron chi connectivity index (χ3n) is 4.58. The molecular weight excluding hydrogens is 322 g/mol. The van der Waals surface area contributed by atoms with Crippen LogP contribution in [-0.2, 0) is 6.54 Å². The Hall–Kier alpha value is -1.72. The molecule has 24 heavy (non-hydrogen) atoms. The summed E-state index contributed by atoms with van der Waals surface area (Å²) in [7, 11) is 0. The summed E-state index contributed by atoms with van der Waals surface area (Å²) < 4.78 is 0. The molecule has 0 radical (unpaired) electrons. The van der Waals surface area contributed by atoms with Crippen molar-refractivity contribution in [2.75, 3.05) is 24.5 Å². The summed E-state index contributed by atoms with van der Waals surface area (Å²) in [5.74, 6) is 1.60. The van der Waals surface area contributed by atoms with Crippen molar-refractivity contribution in [2.45, 2.75) is 39.3 Å². The van der Waals surface area contributed by atoms with E-state index in [-0.39, 0.29) is 0 Å². The Morgan fingerprint density at radius 1 is 1.29 bits per heavy atom. The molecule has 6 heteroatoms. The lowest BCUT2D eigenvalue weighted by Gasteiger charge is -2.31. The molecule has 1 aliphatic rings. The van der Waals surface area contributed by atoms with Crippen LogP contribution in [0.25, 0.3) is 0 Å². The Morgan fingerprint density at radius 3 is 2.79 bits per heavy atom. The number of hydrogen-bond acceptors (Lipinski definition) is 5. The van der Waals surface area contributed by atoms with Crippen molar-refractivity contribution in [3.8, 4) is 0 Å². The first-order chi connectivity index (χ1) is 11.7. The van der Waals surface area contributed by atoms with Crippen LogP contribution in [0, 0.1) is 6.92 Å². The van der Waals surface area contributed by atoms with Gasteiger partial charge < -0.3 is 4.90 Å². The fourth-order valence-electron chi connectivity index (χ4n) is 3.40. The molecule has 3 rings (SSSR count). The fourth-order valence-corrected chi connectivity index (χ4v) is 3.62. The second-order valence-electron chi connectivity index (χ2n) is 6.26. The van der Waals surface area contributed by atoms with E-state index in [2.05, 4.69) is 43.8 Å². The van der Waals surface area contributed by atoms with Crippen LogP contribution in [0.5, 0.6) is 0 Å². The number of halogens is 1. The van der Waals surface area contributed by atoms with Crippen molar-refractivity contribution < 1.29 is 0 Å². The van der Waals surface area contributed by atoms with Gasteiger partial charge in [-0.15, -0.1) is 0 Å². The molecule has 1 unspecified atom stereocenters. The van der Waals surface area contributed by atoms with Gasteiger partial charge in [-0.25, -0.2) is 9.97 Å². The molecule has 2 aromatic heterocycles. The van der Waals surface area contributed by atoms with E-state index in [1.54, 1.807) is 0 Å². The van der Waals surface area contributed by atoms with Gasteiger partial charge in [-0.3, -0.25) is 9.88 Å². The molecule has 3 heterocycles. The van der Waals surface area contributed by atoms with Crippen LogP contribution in [0.4, 0.5) is 5.82 Å². The highest BCUT2D eigenvalue weighted by molar-refractivity contribution is 6.29. The summed E-state index contributed by atoms with van der Waals surface area (Å²) >= 11 is 6.17. The van der Waals surface area contributed by atoms with Gasteiger partial charge >= 0.3 is 0 Å². The summed E-state index contributed by atoms with van der Waals surface area (Å²) in [6.07, 6.45) is 6.17. The summed E-state index contributed by atoms with van der Waals surface area (Å²) in [5, 5.41) is 0.496. The fraction of sp³-hybridized carbons (Fsp3) is 0.500. The van der Waals surface area contributed by atoms with Gasteiger partial charge in [0.1, 0.15) is 16.8 Å². The maximum atomic E-state index is 6.17. The van der Waals surface area contributed by atoms with Gasteiger partial charge in [-0.05, 0) is 50.6 Å². The maximum absolute atomic E-state index is 6.17. The van der Waals surface area contributed by atoms with Gasteiger partial charge in [-0.2, -0.15) is 0 Å². The van der Waals surface area contributed by atoms with Crippen LogP contribution in [0.2, 0.25) is 5.15 Å². The van der Waals surface area contributed by atoms with Crippen LogP contribution in [-0.4, -0.2) is 45.5 Å². The van der Waals surface area contributed by atoms with E-state index in [9.17, 15) is 0 Å². The third-order valence-corrected chi connectivity index (χ3v) is 4.77. The first kappa shape index (κ1) is 17.1. The highest BCUT2D eigenvalue weighted by Crippen LogP contribution is 2.23. The zero-order valence-corrected chi connectivity index (χ0v) is 15.1. The molecule has 0 bridgehead atoms. The quantitative estimate of drug-likeness (QED) is 0.751. The molecule has 0 amide bonds. The van der Waals surface area contributed by atoms with Crippen LogP contribution < -0.4 is 4.90 Å². The number of hydrogen-bond donors (Lipinski definition) is 0. The molecule has 128 valence electrons. The number of anilines is 1. The van der Waals surface area contributed by atoms with E-state index in [1.807, 2.05) is 25.4 Å². The highest BCUT2D eigenvalue weighted by Gasteiger charge is 2.26. The van der Waals surface area contributed by atoms with Crippen molar-refractivity contribution in [1.29, 1.82) is 0 Å². The average Bonchev–Trinajstić information content (AvgIpc) is 3.01. The summed E-state index contributed by atoms with van der Waals surface area (Å²) in [6, 6.07) is 6.52. The molecular formula is C18H24ClN5. The van der Waals surface area contributed by atoms with Gasteiger partial charge in [0.25, 0.3) is 0 Å². The topological polar surface area (TPSA) is 45.2 Å². The molecule has 5 nitrogen and oxygen atoms in total. The molecule has 1 aliphatic heterocycles. The minimum atomic E-state index is 0.496. The van der Waals surface area contributed by atoms with Gasteiger partial charge in [0, 0.05) is 37.6 Å². The Balaban J connectivity index is 1.85. The standard InChI is InChI=1S/C18H24ClN5/c1-3-23-10-4-5-16(23)13-24(12-15-6-8-20-9-7-15)18-11-17(19)21-14(2)22-18/h6-9,11,16H,3-5,10,12-13H2,1-2H3. The van der Waals surface area contributed by atoms with Crippen molar-refractivity contribution >= 4 is 17.4 Å². The van der Waals surface area contributed by atoms with E-state index in [1.165, 1.54) is 24.9 Å². The Bertz CT molecular complexity index is 643. The molecule has 0 N–H and O–H groups in total. The summed E-state index contributed by atoms with van der Waals surface area (Å²) in [6.45, 7) is 8.14. The lowest BCUT2D eigenvalue weighted by molar-refractivity contribution is 0.268. The first-order valence-electron chi connectivity index (χ1n) is 8.55. The van der Waals surface area contributed by atoms with E-state index >= 15 is 0 Å². The minimum Gasteiger partial charge on any atom is -0.351 e. The minimum absolute atomic E-state index is 0.496. The molecule has 2 aromatic rings. The van der Waals surface area contributed by atoms with Gasteiger partial charge in [0.05, 0.1) is 0 Å². The van der Waals surface area contributed by atoms with Gasteiger partial charge in [-0.1, -0.05) is 18.5 Å². The Kier molecular flexibility index (Phi) is 5.63. The molecule has 0 aliphatic carbocycles. The normalized spacial score (nSPS) is 18.0. The molecule has 0 aromatic carbocycles. The molecule has 0 saturated carbocycles. The predicted octanol–water partition coefficient (Wildman–Crippen LogP) is 3.32. The SMILES string of the molecule is CCN1CCCC1CN(Cc1ccncc1)c1cc(Cl)nc(C)n1. The monoisotopic (exact) mass is 345 g/mol. The second-order valence-corrected chi connectivity index (χ2v) is 6.64. The molecule has 1 saturated heterocycles. The van der Waals surface area contributed by atoms with Crippen LogP contribution >= 0.6 is 11.6 Å². The van der Waals surface area contributed by atoms with E-state index in [4.69, 9.17) is 11.6 Å². The number of pyridine rings is 1. The van der Waals surface area contributed by atoms with Crippen molar-refractivity contribution in [3.63, 3.8) is 0 Å². The third kappa shape index (κ3) is 4.22. The maximum Gasteiger partial charge on any atom is 0.134 e. The van der Waals surface area contributed by atoms with Crippen LogP contribution in [0.3, 0.4) is 0 Å². The van der Waals surface area contributed by atoms with Crippen molar-refractivity contribution in [1.82, 2.24) is 19.9 Å². The Labute approximate surface area is 148 Å².